The van der Waals surface area contributed by atoms with Crippen LogP contribution in [0.5, 0.6) is 5.75 Å². The average molecular weight is 298 g/mol. The van der Waals surface area contributed by atoms with E-state index in [9.17, 15) is 9.59 Å². The van der Waals surface area contributed by atoms with Crippen LogP contribution in [0, 0.1) is 0 Å². The fraction of sp³-hybridized carbons (Fsp3) is 0.133. The van der Waals surface area contributed by atoms with Gasteiger partial charge in [-0.1, -0.05) is 0 Å². The molecule has 7 heteroatoms. The van der Waals surface area contributed by atoms with E-state index in [1.165, 1.54) is 23.2 Å². The number of ether oxygens (including phenoxy) is 1. The van der Waals surface area contributed by atoms with Crippen molar-refractivity contribution >= 4 is 16.9 Å². The molecule has 0 aliphatic rings. The van der Waals surface area contributed by atoms with Crippen LogP contribution in [0.15, 0.2) is 53.8 Å². The number of pyridine rings is 1. The minimum atomic E-state index is -0.253. The van der Waals surface area contributed by atoms with E-state index in [-0.39, 0.29) is 11.6 Å². The fourth-order valence-corrected chi connectivity index (χ4v) is 2.02. The average Bonchev–Trinajstić information content (AvgIpc) is 3.06. The zero-order valence-electron chi connectivity index (χ0n) is 11.7. The summed E-state index contributed by atoms with van der Waals surface area (Å²) in [5, 5.41) is 3.60. The maximum Gasteiger partial charge on any atom is 0.326 e. The van der Waals surface area contributed by atoms with Gasteiger partial charge in [0.2, 0.25) is 5.56 Å². The molecule has 112 valence electrons. The van der Waals surface area contributed by atoms with E-state index in [4.69, 9.17) is 4.74 Å². The molecule has 0 radical (unpaired) electrons. The molecule has 2 N–H and O–H groups in total. The Labute approximate surface area is 125 Å². The molecule has 3 aromatic rings. The number of aromatic nitrogens is 3. The monoisotopic (exact) mass is 298 g/mol. The summed E-state index contributed by atoms with van der Waals surface area (Å²) in [6, 6.07) is 8.35. The normalized spacial score (nSPS) is 10.5. The molecule has 1 aromatic carbocycles. The molecule has 0 aliphatic heterocycles. The lowest BCUT2D eigenvalue weighted by Gasteiger charge is -2.08. The highest BCUT2D eigenvalue weighted by molar-refractivity contribution is 5.79. The first-order valence-electron chi connectivity index (χ1n) is 6.74. The zero-order valence-corrected chi connectivity index (χ0v) is 11.7. The van der Waals surface area contributed by atoms with Crippen LogP contribution in [0.2, 0.25) is 0 Å². The standard InChI is InChI=1S/C15H14N4O3/c20-14-4-1-11-9-12(2-3-13(11)18-14)22-8-6-17-15(21)19-7-5-16-10-19/h1-5,7,9-10H,6,8H2,(H,17,21)(H,18,20). The van der Waals surface area contributed by atoms with Crippen LogP contribution in [-0.2, 0) is 0 Å². The molecular formula is C15H14N4O3. The van der Waals surface area contributed by atoms with E-state index < -0.39 is 0 Å². The number of carbonyl (C=O) groups excluding carboxylic acids is 1. The van der Waals surface area contributed by atoms with Crippen molar-refractivity contribution in [1.82, 2.24) is 19.9 Å². The van der Waals surface area contributed by atoms with Crippen molar-refractivity contribution in [2.45, 2.75) is 0 Å². The Morgan fingerprint density at radius 2 is 2.23 bits per heavy atom. The molecule has 2 heterocycles. The Bertz CT molecular complexity index is 839. The molecule has 0 saturated carbocycles. The number of fused-ring (bicyclic) bond motifs is 1. The molecule has 1 amide bonds. The number of amides is 1. The van der Waals surface area contributed by atoms with Gasteiger partial charge in [-0.25, -0.2) is 9.78 Å². The first kappa shape index (κ1) is 13.9. The van der Waals surface area contributed by atoms with E-state index in [0.29, 0.717) is 18.9 Å². The molecule has 0 unspecified atom stereocenters. The summed E-state index contributed by atoms with van der Waals surface area (Å²) in [6.45, 7) is 0.718. The molecule has 0 fully saturated rings. The van der Waals surface area contributed by atoms with Crippen LogP contribution in [0.1, 0.15) is 0 Å². The summed E-state index contributed by atoms with van der Waals surface area (Å²) in [7, 11) is 0. The third-order valence-corrected chi connectivity index (χ3v) is 3.08. The minimum absolute atomic E-state index is 0.136. The van der Waals surface area contributed by atoms with Crippen LogP contribution >= 0.6 is 0 Å². The number of H-pyrrole nitrogens is 1. The lowest BCUT2D eigenvalue weighted by molar-refractivity contribution is 0.238. The van der Waals surface area contributed by atoms with E-state index in [1.807, 2.05) is 6.07 Å². The smallest absolute Gasteiger partial charge is 0.326 e. The summed E-state index contributed by atoms with van der Waals surface area (Å²) in [4.78, 5) is 29.4. The second kappa shape index (κ2) is 6.13. The van der Waals surface area contributed by atoms with Gasteiger partial charge in [0.15, 0.2) is 0 Å². The Morgan fingerprint density at radius 1 is 1.32 bits per heavy atom. The predicted molar refractivity (Wildman–Crippen MR) is 81.1 cm³/mol. The van der Waals surface area contributed by atoms with Crippen LogP contribution < -0.4 is 15.6 Å². The van der Waals surface area contributed by atoms with Gasteiger partial charge in [-0.05, 0) is 24.3 Å². The second-order valence-electron chi connectivity index (χ2n) is 4.62. The first-order chi connectivity index (χ1) is 10.7. The first-order valence-corrected chi connectivity index (χ1v) is 6.74. The highest BCUT2D eigenvalue weighted by atomic mass is 16.5. The van der Waals surface area contributed by atoms with Gasteiger partial charge in [-0.3, -0.25) is 9.36 Å². The number of carbonyl (C=O) groups is 1. The zero-order chi connectivity index (χ0) is 15.4. The summed E-state index contributed by atoms with van der Waals surface area (Å²) in [5.41, 5.74) is 0.622. The molecular weight excluding hydrogens is 284 g/mol. The van der Waals surface area contributed by atoms with Crippen molar-refractivity contribution in [2.24, 2.45) is 0 Å². The Kier molecular flexibility index (Phi) is 3.86. The molecule has 7 nitrogen and oxygen atoms in total. The van der Waals surface area contributed by atoms with E-state index in [1.54, 1.807) is 24.4 Å². The third-order valence-electron chi connectivity index (χ3n) is 3.08. The van der Waals surface area contributed by atoms with Crippen LogP contribution in [0.3, 0.4) is 0 Å². The SMILES string of the molecule is O=C(NCCOc1ccc2[nH]c(=O)ccc2c1)n1ccnc1. The fourth-order valence-electron chi connectivity index (χ4n) is 2.02. The van der Waals surface area contributed by atoms with E-state index >= 15 is 0 Å². The van der Waals surface area contributed by atoms with E-state index in [2.05, 4.69) is 15.3 Å². The van der Waals surface area contributed by atoms with Crippen molar-refractivity contribution in [3.05, 3.63) is 59.4 Å². The van der Waals surface area contributed by atoms with Gasteiger partial charge in [0.05, 0.1) is 6.54 Å². The molecule has 0 spiro atoms. The summed E-state index contributed by atoms with van der Waals surface area (Å²) >= 11 is 0. The molecule has 0 aliphatic carbocycles. The molecule has 0 atom stereocenters. The van der Waals surface area contributed by atoms with Crippen LogP contribution in [0.4, 0.5) is 4.79 Å². The maximum atomic E-state index is 11.6. The Morgan fingerprint density at radius 3 is 3.05 bits per heavy atom. The van der Waals surface area contributed by atoms with Gasteiger partial charge < -0.3 is 15.0 Å². The molecule has 0 bridgehead atoms. The topological polar surface area (TPSA) is 89.0 Å². The molecule has 3 rings (SSSR count). The van der Waals surface area contributed by atoms with Crippen molar-refractivity contribution < 1.29 is 9.53 Å². The summed E-state index contributed by atoms with van der Waals surface area (Å²) in [5.74, 6) is 0.677. The number of nitrogens with zero attached hydrogens (tertiary/aromatic N) is 2. The minimum Gasteiger partial charge on any atom is -0.492 e. The number of hydrogen-bond acceptors (Lipinski definition) is 4. The van der Waals surface area contributed by atoms with Gasteiger partial charge >= 0.3 is 6.03 Å². The lowest BCUT2D eigenvalue weighted by Crippen LogP contribution is -2.31. The van der Waals surface area contributed by atoms with Gasteiger partial charge in [-0.2, -0.15) is 0 Å². The van der Waals surface area contributed by atoms with Crippen molar-refractivity contribution in [3.8, 4) is 5.75 Å². The van der Waals surface area contributed by atoms with Crippen LogP contribution in [0.25, 0.3) is 10.9 Å². The van der Waals surface area contributed by atoms with E-state index in [0.717, 1.165) is 10.9 Å². The van der Waals surface area contributed by atoms with Gasteiger partial charge in [0.1, 0.15) is 18.7 Å². The molecule has 0 saturated heterocycles. The maximum absolute atomic E-state index is 11.6. The quantitative estimate of drug-likeness (QED) is 0.712. The van der Waals surface area contributed by atoms with Gasteiger partial charge in [0, 0.05) is 29.4 Å². The highest BCUT2D eigenvalue weighted by Gasteiger charge is 2.02. The number of benzene rings is 1. The number of hydrogen-bond donors (Lipinski definition) is 2. The number of aromatic amines is 1. The molecule has 22 heavy (non-hydrogen) atoms. The Hall–Kier alpha value is -3.09. The largest absolute Gasteiger partial charge is 0.492 e. The lowest BCUT2D eigenvalue weighted by atomic mass is 10.2. The van der Waals surface area contributed by atoms with Crippen molar-refractivity contribution in [2.75, 3.05) is 13.2 Å². The summed E-state index contributed by atoms with van der Waals surface area (Å²) < 4.78 is 6.93. The molecule has 2 aromatic heterocycles. The third kappa shape index (κ3) is 3.14. The Balaban J connectivity index is 1.54. The number of rotatable bonds is 4. The van der Waals surface area contributed by atoms with Crippen molar-refractivity contribution in [1.29, 1.82) is 0 Å². The van der Waals surface area contributed by atoms with Crippen LogP contribution in [-0.4, -0.2) is 33.7 Å². The van der Waals surface area contributed by atoms with Gasteiger partial charge in [0.25, 0.3) is 0 Å². The number of nitrogens with one attached hydrogen (secondary N) is 2. The summed E-state index contributed by atoms with van der Waals surface area (Å²) in [6.07, 6.45) is 4.54. The second-order valence-corrected chi connectivity index (χ2v) is 4.62. The highest BCUT2D eigenvalue weighted by Crippen LogP contribution is 2.17. The predicted octanol–water partition coefficient (Wildman–Crippen LogP) is 1.36. The van der Waals surface area contributed by atoms with Crippen molar-refractivity contribution in [3.63, 3.8) is 0 Å². The van der Waals surface area contributed by atoms with Gasteiger partial charge in [-0.15, -0.1) is 0 Å². The number of imidazole rings is 1.